The number of carboxylic acid groups (broad SMARTS) is 1. The molecule has 0 fully saturated rings. The summed E-state index contributed by atoms with van der Waals surface area (Å²) in [4.78, 5) is 10.9. The maximum atomic E-state index is 10.9. The van der Waals surface area contributed by atoms with Gasteiger partial charge in [-0.2, -0.15) is 0 Å². The number of rotatable bonds is 7. The van der Waals surface area contributed by atoms with Crippen molar-refractivity contribution in [3.05, 3.63) is 82.4 Å². The van der Waals surface area contributed by atoms with Crippen molar-refractivity contribution in [3.63, 3.8) is 0 Å². The van der Waals surface area contributed by atoms with Crippen LogP contribution < -0.4 is 0 Å². The molecule has 0 unspecified atom stereocenters. The Morgan fingerprint density at radius 2 is 1.14 bits per heavy atom. The molecule has 0 bridgehead atoms. The van der Waals surface area contributed by atoms with E-state index in [0.717, 1.165) is 11.1 Å². The fourth-order valence-electron chi connectivity index (χ4n) is 3.25. The largest absolute Gasteiger partial charge is 0.508 e. The first-order valence-electron chi connectivity index (χ1n) is 9.19. The molecule has 5 N–H and O–H groups in total. The molecule has 6 heteroatoms. The van der Waals surface area contributed by atoms with Crippen LogP contribution in [-0.2, 0) is 25.7 Å². The molecule has 0 spiro atoms. The molecule has 6 nitrogen and oxygen atoms in total. The molecule has 0 saturated heterocycles. The minimum atomic E-state index is -0.975. The molecule has 0 amide bonds. The van der Waals surface area contributed by atoms with E-state index in [0.29, 0.717) is 36.8 Å². The minimum absolute atomic E-state index is 0.00315. The number of hydrogen-bond donors (Lipinski definition) is 5. The molecule has 0 radical (unpaired) electrons. The Morgan fingerprint density at radius 3 is 1.66 bits per heavy atom. The summed E-state index contributed by atoms with van der Waals surface area (Å²) < 4.78 is 0. The highest BCUT2D eigenvalue weighted by atomic mass is 16.4. The van der Waals surface area contributed by atoms with E-state index in [-0.39, 0.29) is 28.6 Å². The van der Waals surface area contributed by atoms with Gasteiger partial charge < -0.3 is 25.5 Å². The van der Waals surface area contributed by atoms with Crippen LogP contribution in [0.15, 0.2) is 54.6 Å². The van der Waals surface area contributed by atoms with E-state index in [9.17, 15) is 25.2 Å². The lowest BCUT2D eigenvalue weighted by Gasteiger charge is -2.11. The zero-order chi connectivity index (χ0) is 21.0. The molecule has 0 aliphatic rings. The normalized spacial score (nSPS) is 10.8. The van der Waals surface area contributed by atoms with Gasteiger partial charge in [0, 0.05) is 12.1 Å². The minimum Gasteiger partial charge on any atom is -0.508 e. The lowest BCUT2D eigenvalue weighted by molar-refractivity contribution is 0.0697. The third-order valence-electron chi connectivity index (χ3n) is 4.81. The van der Waals surface area contributed by atoms with Crippen LogP contribution in [0, 0.1) is 0 Å². The van der Waals surface area contributed by atoms with Crippen molar-refractivity contribution in [1.29, 1.82) is 0 Å². The van der Waals surface area contributed by atoms with Gasteiger partial charge in [0.25, 0.3) is 0 Å². The third-order valence-corrected chi connectivity index (χ3v) is 4.81. The van der Waals surface area contributed by atoms with Crippen LogP contribution in [0.3, 0.4) is 0 Å². The van der Waals surface area contributed by atoms with Crippen molar-refractivity contribution in [3.8, 4) is 23.0 Å². The topological polar surface area (TPSA) is 118 Å². The van der Waals surface area contributed by atoms with E-state index in [1.165, 1.54) is 12.1 Å². The number of carbonyl (C=O) groups is 1. The van der Waals surface area contributed by atoms with Gasteiger partial charge in [-0.3, -0.25) is 0 Å². The molecule has 0 aliphatic heterocycles. The number of phenolic OH excluding ortho intramolecular Hbond substituents is 4. The van der Waals surface area contributed by atoms with Crippen molar-refractivity contribution in [2.24, 2.45) is 0 Å². The Morgan fingerprint density at radius 1 is 0.621 bits per heavy atom. The molecule has 150 valence electrons. The number of aryl methyl sites for hydroxylation is 4. The van der Waals surface area contributed by atoms with E-state index in [4.69, 9.17) is 5.11 Å². The van der Waals surface area contributed by atoms with Crippen LogP contribution in [0.1, 0.15) is 32.6 Å². The number of aromatic hydroxyl groups is 4. The summed E-state index contributed by atoms with van der Waals surface area (Å²) in [6.07, 6.45) is 2.10. The van der Waals surface area contributed by atoms with Gasteiger partial charge >= 0.3 is 5.97 Å². The Kier molecular flexibility index (Phi) is 5.93. The van der Waals surface area contributed by atoms with Gasteiger partial charge in [0.2, 0.25) is 0 Å². The predicted octanol–water partition coefficient (Wildman–Crippen LogP) is 3.78. The highest BCUT2D eigenvalue weighted by molar-refractivity contribution is 5.87. The fourth-order valence-corrected chi connectivity index (χ4v) is 3.25. The van der Waals surface area contributed by atoms with Crippen LogP contribution in [-0.4, -0.2) is 31.5 Å². The molecular formula is C23H22O6. The number of hydrogen-bond acceptors (Lipinski definition) is 5. The first-order valence-corrected chi connectivity index (χ1v) is 9.19. The van der Waals surface area contributed by atoms with Gasteiger partial charge in [0.15, 0.2) is 0 Å². The third kappa shape index (κ3) is 5.19. The van der Waals surface area contributed by atoms with Crippen LogP contribution in [0.5, 0.6) is 23.0 Å². The second-order valence-electron chi connectivity index (χ2n) is 6.97. The predicted molar refractivity (Wildman–Crippen MR) is 108 cm³/mol. The Balaban J connectivity index is 1.70. The van der Waals surface area contributed by atoms with Gasteiger partial charge in [0.05, 0.1) is 5.56 Å². The van der Waals surface area contributed by atoms with E-state index < -0.39 is 5.97 Å². The van der Waals surface area contributed by atoms with Crippen LogP contribution in [0.25, 0.3) is 0 Å². The lowest BCUT2D eigenvalue weighted by atomic mass is 9.97. The summed E-state index contributed by atoms with van der Waals surface area (Å²) in [6, 6.07) is 14.0. The SMILES string of the molecule is O=C(O)c1ccc(CCc2cc(CCc3cc(O)cc(O)c3)c(O)cc2O)cc1. The quantitative estimate of drug-likeness (QED) is 0.416. The molecule has 3 rings (SSSR count). The Bertz CT molecular complexity index is 1000. The molecule has 29 heavy (non-hydrogen) atoms. The summed E-state index contributed by atoms with van der Waals surface area (Å²) in [5, 5.41) is 48.4. The molecule has 3 aromatic rings. The summed E-state index contributed by atoms with van der Waals surface area (Å²) in [5.41, 5.74) is 3.23. The van der Waals surface area contributed by atoms with Crippen molar-refractivity contribution in [2.45, 2.75) is 25.7 Å². The van der Waals surface area contributed by atoms with Gasteiger partial charge in [-0.1, -0.05) is 12.1 Å². The van der Waals surface area contributed by atoms with E-state index in [1.54, 1.807) is 42.5 Å². The molecular weight excluding hydrogens is 372 g/mol. The molecule has 0 saturated carbocycles. The molecule has 3 aromatic carbocycles. The van der Waals surface area contributed by atoms with Gasteiger partial charge in [-0.25, -0.2) is 4.79 Å². The lowest BCUT2D eigenvalue weighted by Crippen LogP contribution is -1.98. The summed E-state index contributed by atoms with van der Waals surface area (Å²) in [6.45, 7) is 0. The Labute approximate surface area is 168 Å². The monoisotopic (exact) mass is 394 g/mol. The standard InChI is InChI=1S/C23H22O6/c24-19-9-15(10-20(25)12-19)4-8-18-11-17(21(26)13-22(18)27)7-3-14-1-5-16(6-2-14)23(28)29/h1-2,5-6,9-13,24-27H,3-4,7-8H2,(H,28,29). The van der Waals surface area contributed by atoms with Gasteiger partial charge in [-0.05, 0) is 78.3 Å². The number of benzene rings is 3. The van der Waals surface area contributed by atoms with Crippen molar-refractivity contribution in [1.82, 2.24) is 0 Å². The maximum absolute atomic E-state index is 10.9. The summed E-state index contributed by atoms with van der Waals surface area (Å²) >= 11 is 0. The van der Waals surface area contributed by atoms with Crippen molar-refractivity contribution < 1.29 is 30.3 Å². The van der Waals surface area contributed by atoms with Crippen molar-refractivity contribution in [2.75, 3.05) is 0 Å². The highest BCUT2D eigenvalue weighted by Gasteiger charge is 2.11. The number of aromatic carboxylic acids is 1. The summed E-state index contributed by atoms with van der Waals surface area (Å²) in [5.74, 6) is -1.03. The average molecular weight is 394 g/mol. The van der Waals surface area contributed by atoms with E-state index in [1.807, 2.05) is 0 Å². The van der Waals surface area contributed by atoms with Crippen LogP contribution in [0.2, 0.25) is 0 Å². The van der Waals surface area contributed by atoms with E-state index in [2.05, 4.69) is 0 Å². The van der Waals surface area contributed by atoms with Gasteiger partial charge in [0.1, 0.15) is 23.0 Å². The summed E-state index contributed by atoms with van der Waals surface area (Å²) in [7, 11) is 0. The molecule has 0 aliphatic carbocycles. The van der Waals surface area contributed by atoms with Crippen molar-refractivity contribution >= 4 is 5.97 Å². The van der Waals surface area contributed by atoms with Gasteiger partial charge in [-0.15, -0.1) is 0 Å². The smallest absolute Gasteiger partial charge is 0.335 e. The van der Waals surface area contributed by atoms with E-state index >= 15 is 0 Å². The Hall–Kier alpha value is -3.67. The average Bonchev–Trinajstić information content (AvgIpc) is 2.66. The first kappa shape index (κ1) is 20.1. The second kappa shape index (κ2) is 8.56. The first-order chi connectivity index (χ1) is 13.8. The second-order valence-corrected chi connectivity index (χ2v) is 6.97. The highest BCUT2D eigenvalue weighted by Crippen LogP contribution is 2.30. The van der Waals surface area contributed by atoms with Crippen LogP contribution in [0.4, 0.5) is 0 Å². The zero-order valence-corrected chi connectivity index (χ0v) is 15.7. The number of carboxylic acids is 1. The number of phenols is 4. The fraction of sp³-hybridized carbons (Fsp3) is 0.174. The molecule has 0 aromatic heterocycles. The zero-order valence-electron chi connectivity index (χ0n) is 15.7. The maximum Gasteiger partial charge on any atom is 0.335 e. The van der Waals surface area contributed by atoms with Crippen LogP contribution >= 0.6 is 0 Å². The molecule has 0 heterocycles. The molecule has 0 atom stereocenters.